The van der Waals surface area contributed by atoms with E-state index in [9.17, 15) is 9.18 Å². The van der Waals surface area contributed by atoms with Crippen LogP contribution in [0.25, 0.3) is 5.69 Å². The van der Waals surface area contributed by atoms with Crippen molar-refractivity contribution in [3.8, 4) is 5.69 Å². The van der Waals surface area contributed by atoms with Crippen molar-refractivity contribution in [3.05, 3.63) is 47.0 Å². The molecule has 1 aliphatic heterocycles. The highest BCUT2D eigenvalue weighted by Gasteiger charge is 2.35. The first kappa shape index (κ1) is 18.2. The Morgan fingerprint density at radius 2 is 2.04 bits per heavy atom. The van der Waals surface area contributed by atoms with Gasteiger partial charge in [-0.1, -0.05) is 13.8 Å². The summed E-state index contributed by atoms with van der Waals surface area (Å²) in [5, 5.41) is 7.85. The molecule has 1 amide bonds. The number of hydrogen-bond donors (Lipinski definition) is 1. The molecular formula is C21H26FN3O2. The highest BCUT2D eigenvalue weighted by Crippen LogP contribution is 2.43. The molecule has 2 aromatic rings. The second kappa shape index (κ2) is 7.43. The molecular weight excluding hydrogens is 345 g/mol. The molecule has 0 spiro atoms. The van der Waals surface area contributed by atoms with Gasteiger partial charge in [-0.3, -0.25) is 4.79 Å². The topological polar surface area (TPSA) is 56.1 Å². The number of aromatic nitrogens is 2. The Kier molecular flexibility index (Phi) is 5.00. The van der Waals surface area contributed by atoms with Crippen LogP contribution < -0.4 is 5.32 Å². The summed E-state index contributed by atoms with van der Waals surface area (Å²) in [5.74, 6) is 0.0876. The number of rotatable bonds is 6. The van der Waals surface area contributed by atoms with Crippen molar-refractivity contribution >= 4 is 5.91 Å². The number of halogens is 1. The Morgan fingerprint density at radius 3 is 2.63 bits per heavy atom. The lowest BCUT2D eigenvalue weighted by Gasteiger charge is -2.14. The Labute approximate surface area is 158 Å². The first-order chi connectivity index (χ1) is 13.0. The fraction of sp³-hybridized carbons (Fsp3) is 0.524. The second-order valence-electron chi connectivity index (χ2n) is 7.81. The Hall–Kier alpha value is -2.21. The molecule has 1 aromatic heterocycles. The van der Waals surface area contributed by atoms with Crippen molar-refractivity contribution < 1.29 is 13.9 Å². The average Bonchev–Trinajstić information content (AvgIpc) is 3.21. The summed E-state index contributed by atoms with van der Waals surface area (Å²) in [6.45, 7) is 5.42. The van der Waals surface area contributed by atoms with Crippen LogP contribution in [0.5, 0.6) is 0 Å². The summed E-state index contributed by atoms with van der Waals surface area (Å²) in [6.07, 6.45) is 4.26. The highest BCUT2D eigenvalue weighted by molar-refractivity contribution is 5.97. The lowest BCUT2D eigenvalue weighted by Crippen LogP contribution is -2.32. The van der Waals surface area contributed by atoms with E-state index in [1.165, 1.54) is 12.1 Å². The van der Waals surface area contributed by atoms with Crippen molar-refractivity contribution in [1.82, 2.24) is 15.1 Å². The van der Waals surface area contributed by atoms with E-state index in [0.717, 1.165) is 49.4 Å². The molecule has 2 heterocycles. The molecule has 1 N–H and O–H groups in total. The van der Waals surface area contributed by atoms with E-state index in [-0.39, 0.29) is 23.7 Å². The molecule has 1 aliphatic carbocycles. The number of nitrogens with zero attached hydrogens (tertiary/aromatic N) is 2. The number of carbonyl (C=O) groups is 1. The van der Waals surface area contributed by atoms with Crippen LogP contribution in [-0.2, 0) is 4.74 Å². The summed E-state index contributed by atoms with van der Waals surface area (Å²) in [6, 6.07) is 6.27. The molecule has 2 fully saturated rings. The Bertz CT molecular complexity index is 819. The quantitative estimate of drug-likeness (QED) is 0.837. The molecule has 144 valence electrons. The molecule has 1 saturated heterocycles. The van der Waals surface area contributed by atoms with Gasteiger partial charge in [0.1, 0.15) is 5.82 Å². The first-order valence-electron chi connectivity index (χ1n) is 9.83. The molecule has 4 rings (SSSR count). The molecule has 27 heavy (non-hydrogen) atoms. The van der Waals surface area contributed by atoms with Gasteiger partial charge in [-0.15, -0.1) is 0 Å². The maximum Gasteiger partial charge on any atom is 0.255 e. The summed E-state index contributed by atoms with van der Waals surface area (Å²) in [4.78, 5) is 13.1. The van der Waals surface area contributed by atoms with Gasteiger partial charge in [-0.25, -0.2) is 9.07 Å². The minimum atomic E-state index is -0.283. The third kappa shape index (κ3) is 3.76. The van der Waals surface area contributed by atoms with Crippen LogP contribution >= 0.6 is 0 Å². The molecule has 6 heteroatoms. The van der Waals surface area contributed by atoms with Gasteiger partial charge in [0.25, 0.3) is 5.91 Å². The zero-order valence-corrected chi connectivity index (χ0v) is 15.9. The second-order valence-corrected chi connectivity index (χ2v) is 7.81. The van der Waals surface area contributed by atoms with E-state index >= 15 is 0 Å². The van der Waals surface area contributed by atoms with E-state index in [0.29, 0.717) is 18.0 Å². The normalized spacial score (nSPS) is 19.6. The maximum absolute atomic E-state index is 13.4. The van der Waals surface area contributed by atoms with Gasteiger partial charge in [0.2, 0.25) is 0 Å². The molecule has 0 bridgehead atoms. The molecule has 1 atom stereocenters. The van der Waals surface area contributed by atoms with E-state index in [4.69, 9.17) is 9.84 Å². The SMILES string of the molecule is CC(C)c1c(C(=O)NC[C@@H]2CCCO2)c(C2CC2)nn1-c1ccc(F)cc1. The van der Waals surface area contributed by atoms with Crippen LogP contribution in [0.2, 0.25) is 0 Å². The zero-order valence-electron chi connectivity index (χ0n) is 15.9. The van der Waals surface area contributed by atoms with Crippen molar-refractivity contribution in [2.45, 2.75) is 57.5 Å². The van der Waals surface area contributed by atoms with Gasteiger partial charge in [0, 0.05) is 19.1 Å². The lowest BCUT2D eigenvalue weighted by molar-refractivity contribution is 0.0856. The molecule has 0 radical (unpaired) electrons. The number of carbonyl (C=O) groups excluding carboxylic acids is 1. The molecule has 5 nitrogen and oxygen atoms in total. The van der Waals surface area contributed by atoms with Crippen molar-refractivity contribution in [2.24, 2.45) is 0 Å². The first-order valence-corrected chi connectivity index (χ1v) is 9.83. The van der Waals surface area contributed by atoms with E-state index in [1.54, 1.807) is 12.1 Å². The van der Waals surface area contributed by atoms with Crippen LogP contribution in [0, 0.1) is 5.82 Å². The van der Waals surface area contributed by atoms with Crippen LogP contribution in [0.1, 0.15) is 73.1 Å². The van der Waals surface area contributed by atoms with Crippen molar-refractivity contribution in [1.29, 1.82) is 0 Å². The summed E-state index contributed by atoms with van der Waals surface area (Å²) in [7, 11) is 0. The molecule has 0 unspecified atom stereocenters. The summed E-state index contributed by atoms with van der Waals surface area (Å²) < 4.78 is 20.8. The number of ether oxygens (including phenoxy) is 1. The smallest absolute Gasteiger partial charge is 0.255 e. The monoisotopic (exact) mass is 371 g/mol. The van der Waals surface area contributed by atoms with E-state index in [1.807, 2.05) is 4.68 Å². The number of hydrogen-bond acceptors (Lipinski definition) is 3. The minimum Gasteiger partial charge on any atom is -0.376 e. The standard InChI is InChI=1S/C21H26FN3O2/c1-13(2)20-18(21(26)23-12-17-4-3-11-27-17)19(14-5-6-14)24-25(20)16-9-7-15(22)8-10-16/h7-10,13-14,17H,3-6,11-12H2,1-2H3,(H,23,26)/t17-/m0/s1. The summed E-state index contributed by atoms with van der Waals surface area (Å²) in [5.41, 5.74) is 3.22. The van der Waals surface area contributed by atoms with E-state index < -0.39 is 0 Å². The number of nitrogens with one attached hydrogen (secondary N) is 1. The highest BCUT2D eigenvalue weighted by atomic mass is 19.1. The predicted octanol–water partition coefficient (Wildman–Crippen LogP) is 3.92. The molecule has 1 saturated carbocycles. The molecule has 2 aliphatic rings. The number of amides is 1. The predicted molar refractivity (Wildman–Crippen MR) is 101 cm³/mol. The van der Waals surface area contributed by atoms with Gasteiger partial charge >= 0.3 is 0 Å². The zero-order chi connectivity index (χ0) is 19.0. The largest absolute Gasteiger partial charge is 0.376 e. The van der Waals surface area contributed by atoms with E-state index in [2.05, 4.69) is 19.2 Å². The van der Waals surface area contributed by atoms with Gasteiger partial charge in [-0.05, 0) is 55.9 Å². The third-order valence-electron chi connectivity index (χ3n) is 5.27. The Morgan fingerprint density at radius 1 is 1.30 bits per heavy atom. The lowest BCUT2D eigenvalue weighted by atomic mass is 10.0. The van der Waals surface area contributed by atoms with Crippen molar-refractivity contribution in [2.75, 3.05) is 13.2 Å². The summed E-state index contributed by atoms with van der Waals surface area (Å²) >= 11 is 0. The van der Waals surface area contributed by atoms with Crippen LogP contribution in [0.4, 0.5) is 4.39 Å². The maximum atomic E-state index is 13.4. The number of benzene rings is 1. The molecule has 1 aromatic carbocycles. The minimum absolute atomic E-state index is 0.0792. The van der Waals surface area contributed by atoms with Crippen LogP contribution in [0.15, 0.2) is 24.3 Å². The van der Waals surface area contributed by atoms with Crippen LogP contribution in [-0.4, -0.2) is 34.9 Å². The van der Waals surface area contributed by atoms with Gasteiger partial charge in [0.15, 0.2) is 0 Å². The van der Waals surface area contributed by atoms with Crippen molar-refractivity contribution in [3.63, 3.8) is 0 Å². The Balaban J connectivity index is 1.70. The van der Waals surface area contributed by atoms with Gasteiger partial charge < -0.3 is 10.1 Å². The van der Waals surface area contributed by atoms with Crippen LogP contribution in [0.3, 0.4) is 0 Å². The fourth-order valence-electron chi connectivity index (χ4n) is 3.74. The fourth-order valence-corrected chi connectivity index (χ4v) is 3.74. The van der Waals surface area contributed by atoms with Gasteiger partial charge in [0.05, 0.1) is 28.7 Å². The third-order valence-corrected chi connectivity index (χ3v) is 5.27. The van der Waals surface area contributed by atoms with Gasteiger partial charge in [-0.2, -0.15) is 5.10 Å². The average molecular weight is 371 g/mol.